The van der Waals surface area contributed by atoms with E-state index in [1.807, 2.05) is 79.7 Å². The van der Waals surface area contributed by atoms with Crippen molar-refractivity contribution in [1.82, 2.24) is 15.6 Å². The average molecular weight is 475 g/mol. The lowest BCUT2D eigenvalue weighted by atomic mass is 10.1. The van der Waals surface area contributed by atoms with Crippen molar-refractivity contribution in [2.75, 3.05) is 6.61 Å². The van der Waals surface area contributed by atoms with Crippen molar-refractivity contribution in [3.63, 3.8) is 0 Å². The second-order valence-electron chi connectivity index (χ2n) is 7.27. The Morgan fingerprint density at radius 3 is 2.47 bits per heavy atom. The van der Waals surface area contributed by atoms with E-state index in [-0.39, 0.29) is 5.91 Å². The first-order valence-corrected chi connectivity index (χ1v) is 11.1. The fraction of sp³-hybridized carbons (Fsp3) is 0.115. The van der Waals surface area contributed by atoms with Gasteiger partial charge in [0.15, 0.2) is 0 Å². The monoisotopic (exact) mass is 474 g/mol. The molecule has 0 aliphatic rings. The van der Waals surface area contributed by atoms with Crippen LogP contribution < -0.4 is 14.9 Å². The Morgan fingerprint density at radius 2 is 1.74 bits per heavy atom. The number of benzene rings is 3. The molecule has 0 atom stereocenters. The number of hydrazone groups is 1. The van der Waals surface area contributed by atoms with Crippen molar-refractivity contribution in [2.45, 2.75) is 13.5 Å². The molecule has 0 bridgehead atoms. The maximum Gasteiger partial charge on any atom is 0.289 e. The molecule has 0 unspecified atom stereocenters. The van der Waals surface area contributed by atoms with Gasteiger partial charge in [0, 0.05) is 16.1 Å². The molecule has 7 nitrogen and oxygen atoms in total. The minimum Gasteiger partial charge on any atom is -0.494 e. The fourth-order valence-corrected chi connectivity index (χ4v) is 3.32. The van der Waals surface area contributed by atoms with Crippen LogP contribution in [0.4, 0.5) is 0 Å². The molecule has 4 rings (SSSR count). The highest BCUT2D eigenvalue weighted by molar-refractivity contribution is 6.31. The second-order valence-corrected chi connectivity index (χ2v) is 7.68. The number of halogens is 1. The number of aromatic nitrogens is 2. The van der Waals surface area contributed by atoms with Gasteiger partial charge in [-0.3, -0.25) is 9.89 Å². The van der Waals surface area contributed by atoms with Gasteiger partial charge in [0.25, 0.3) is 5.91 Å². The van der Waals surface area contributed by atoms with Crippen molar-refractivity contribution < 1.29 is 14.3 Å². The molecule has 34 heavy (non-hydrogen) atoms. The van der Waals surface area contributed by atoms with E-state index in [1.54, 1.807) is 12.3 Å². The van der Waals surface area contributed by atoms with Crippen LogP contribution in [0.1, 0.15) is 28.5 Å². The molecule has 0 saturated carbocycles. The van der Waals surface area contributed by atoms with E-state index in [2.05, 4.69) is 20.7 Å². The molecule has 172 valence electrons. The number of nitrogens with zero attached hydrogens (tertiary/aromatic N) is 2. The van der Waals surface area contributed by atoms with Crippen molar-refractivity contribution in [3.05, 3.63) is 101 Å². The van der Waals surface area contributed by atoms with E-state index < -0.39 is 0 Å². The Bertz CT molecular complexity index is 1270. The van der Waals surface area contributed by atoms with Crippen LogP contribution in [0.3, 0.4) is 0 Å². The highest BCUT2D eigenvalue weighted by Crippen LogP contribution is 2.23. The van der Waals surface area contributed by atoms with Crippen LogP contribution in [0.2, 0.25) is 5.02 Å². The molecule has 1 heterocycles. The van der Waals surface area contributed by atoms with Crippen molar-refractivity contribution in [2.24, 2.45) is 5.10 Å². The summed E-state index contributed by atoms with van der Waals surface area (Å²) in [4.78, 5) is 12.4. The number of nitrogens with one attached hydrogen (secondary N) is 2. The number of hydrogen-bond donors (Lipinski definition) is 2. The van der Waals surface area contributed by atoms with Crippen LogP contribution in [-0.4, -0.2) is 28.9 Å². The molecular weight excluding hydrogens is 452 g/mol. The zero-order valence-electron chi connectivity index (χ0n) is 18.5. The predicted molar refractivity (Wildman–Crippen MR) is 132 cm³/mol. The lowest BCUT2D eigenvalue weighted by molar-refractivity contribution is 0.0950. The van der Waals surface area contributed by atoms with Crippen LogP contribution in [0, 0.1) is 0 Å². The minimum absolute atomic E-state index is 0.304. The summed E-state index contributed by atoms with van der Waals surface area (Å²) in [5.74, 6) is 1.11. The summed E-state index contributed by atoms with van der Waals surface area (Å²) in [6, 6.07) is 24.1. The first-order valence-electron chi connectivity index (χ1n) is 10.7. The Hall–Kier alpha value is -4.10. The maximum absolute atomic E-state index is 12.4. The lowest BCUT2D eigenvalue weighted by Gasteiger charge is -2.08. The first-order chi connectivity index (χ1) is 16.6. The van der Waals surface area contributed by atoms with Crippen LogP contribution in [0.15, 0.2) is 84.0 Å². The van der Waals surface area contributed by atoms with Gasteiger partial charge in [-0.2, -0.15) is 10.2 Å². The number of amides is 1. The van der Waals surface area contributed by atoms with Crippen LogP contribution in [0.25, 0.3) is 11.3 Å². The maximum atomic E-state index is 12.4. The van der Waals surface area contributed by atoms with Gasteiger partial charge in [0.2, 0.25) is 0 Å². The topological polar surface area (TPSA) is 88.6 Å². The van der Waals surface area contributed by atoms with E-state index in [4.69, 9.17) is 21.1 Å². The zero-order chi connectivity index (χ0) is 23.8. The molecular formula is C26H23ClN4O3. The molecule has 0 saturated heterocycles. The number of hydrogen-bond acceptors (Lipinski definition) is 5. The third-order valence-electron chi connectivity index (χ3n) is 4.90. The Labute approximate surface area is 202 Å². The molecule has 3 aromatic carbocycles. The molecule has 8 heteroatoms. The number of rotatable bonds is 9. The van der Waals surface area contributed by atoms with Gasteiger partial charge in [-0.05, 0) is 73.2 Å². The first kappa shape index (κ1) is 23.1. The van der Waals surface area contributed by atoms with Gasteiger partial charge in [-0.25, -0.2) is 5.43 Å². The summed E-state index contributed by atoms with van der Waals surface area (Å²) in [5.41, 5.74) is 6.04. The third kappa shape index (κ3) is 6.02. The zero-order valence-corrected chi connectivity index (χ0v) is 19.3. The highest BCUT2D eigenvalue weighted by Gasteiger charge is 2.11. The molecule has 4 aromatic rings. The van der Waals surface area contributed by atoms with Crippen LogP contribution in [-0.2, 0) is 6.61 Å². The Morgan fingerprint density at radius 1 is 1.03 bits per heavy atom. The summed E-state index contributed by atoms with van der Waals surface area (Å²) in [6.07, 6.45) is 1.56. The molecule has 1 aromatic heterocycles. The molecule has 0 fully saturated rings. The number of carbonyl (C=O) groups excluding carboxylic acids is 1. The van der Waals surface area contributed by atoms with Gasteiger partial charge in [0.05, 0.1) is 18.5 Å². The molecule has 0 spiro atoms. The van der Waals surface area contributed by atoms with E-state index in [9.17, 15) is 4.79 Å². The number of ether oxygens (including phenoxy) is 2. The van der Waals surface area contributed by atoms with Gasteiger partial charge in [-0.1, -0.05) is 29.8 Å². The smallest absolute Gasteiger partial charge is 0.289 e. The summed E-state index contributed by atoms with van der Waals surface area (Å²) >= 11 is 6.17. The van der Waals surface area contributed by atoms with Crippen LogP contribution >= 0.6 is 11.6 Å². The average Bonchev–Trinajstić information content (AvgIpc) is 3.36. The number of H-pyrrole nitrogens is 1. The normalized spacial score (nSPS) is 10.9. The van der Waals surface area contributed by atoms with E-state index in [1.165, 1.54) is 0 Å². The van der Waals surface area contributed by atoms with E-state index in [0.717, 1.165) is 22.4 Å². The van der Waals surface area contributed by atoms with Gasteiger partial charge < -0.3 is 9.47 Å². The highest BCUT2D eigenvalue weighted by atomic mass is 35.5. The summed E-state index contributed by atoms with van der Waals surface area (Å²) in [6.45, 7) is 2.92. The summed E-state index contributed by atoms with van der Waals surface area (Å²) in [5, 5.41) is 11.6. The molecule has 2 N–H and O–H groups in total. The van der Waals surface area contributed by atoms with Crippen molar-refractivity contribution >= 4 is 23.7 Å². The number of aromatic amines is 1. The van der Waals surface area contributed by atoms with Crippen LogP contribution in [0.5, 0.6) is 11.5 Å². The van der Waals surface area contributed by atoms with Gasteiger partial charge in [-0.15, -0.1) is 0 Å². The molecule has 1 amide bonds. The third-order valence-corrected chi connectivity index (χ3v) is 5.26. The summed E-state index contributed by atoms with van der Waals surface area (Å²) < 4.78 is 11.2. The van der Waals surface area contributed by atoms with Gasteiger partial charge in [0.1, 0.15) is 23.8 Å². The SMILES string of the molecule is CCOc1ccc(/C=N/NC(=O)c2cc(-c3ccc(OCc4ccccc4Cl)cc3)n[nH]2)cc1. The molecule has 0 aliphatic heterocycles. The quantitative estimate of drug-likeness (QED) is 0.248. The van der Waals surface area contributed by atoms with Crippen molar-refractivity contribution in [3.8, 4) is 22.8 Å². The summed E-state index contributed by atoms with van der Waals surface area (Å²) in [7, 11) is 0. The molecule has 0 radical (unpaired) electrons. The largest absolute Gasteiger partial charge is 0.494 e. The van der Waals surface area contributed by atoms with Crippen molar-refractivity contribution in [1.29, 1.82) is 0 Å². The fourth-order valence-electron chi connectivity index (χ4n) is 3.13. The molecule has 0 aliphatic carbocycles. The predicted octanol–water partition coefficient (Wildman–Crippen LogP) is 5.47. The lowest BCUT2D eigenvalue weighted by Crippen LogP contribution is -2.17. The Balaban J connectivity index is 1.32. The standard InChI is InChI=1S/C26H23ClN4O3/c1-2-33-21-11-7-18(8-12-21)16-28-31-26(32)25-15-24(29-30-25)19-9-13-22(14-10-19)34-17-20-5-3-4-6-23(20)27/h3-16H,2,17H2,1H3,(H,29,30)(H,31,32)/b28-16+. The number of carbonyl (C=O) groups is 1. The minimum atomic E-state index is -0.388. The van der Waals surface area contributed by atoms with E-state index in [0.29, 0.717) is 35.4 Å². The van der Waals surface area contributed by atoms with Gasteiger partial charge >= 0.3 is 0 Å². The Kier molecular flexibility index (Phi) is 7.57. The second kappa shape index (κ2) is 11.2. The van der Waals surface area contributed by atoms with E-state index >= 15 is 0 Å².